The Bertz CT molecular complexity index is 790. The zero-order valence-corrected chi connectivity index (χ0v) is 14.5. The zero-order valence-electron chi connectivity index (χ0n) is 13.7. The van der Waals surface area contributed by atoms with Gasteiger partial charge in [-0.1, -0.05) is 18.5 Å². The molecule has 6 nitrogen and oxygen atoms in total. The van der Waals surface area contributed by atoms with Gasteiger partial charge in [-0.25, -0.2) is 9.78 Å². The first-order chi connectivity index (χ1) is 11.7. The largest absolute Gasteiger partial charge is 0.417 e. The molecule has 136 valence electrons. The van der Waals surface area contributed by atoms with Crippen LogP contribution in [-0.4, -0.2) is 27.3 Å². The van der Waals surface area contributed by atoms with Crippen LogP contribution in [0.15, 0.2) is 12.3 Å². The molecule has 2 rings (SSSR count). The maximum Gasteiger partial charge on any atom is 0.417 e. The normalized spacial score (nSPS) is 11.5. The van der Waals surface area contributed by atoms with E-state index >= 15 is 0 Å². The zero-order chi connectivity index (χ0) is 18.8. The Hall–Kier alpha value is -2.29. The monoisotopic (exact) mass is 376 g/mol. The first-order valence-electron chi connectivity index (χ1n) is 7.46. The number of aromatic nitrogens is 3. The van der Waals surface area contributed by atoms with Crippen LogP contribution in [0.3, 0.4) is 0 Å². The molecule has 10 heteroatoms. The molecule has 0 aliphatic carbocycles. The van der Waals surface area contributed by atoms with Crippen LogP contribution in [-0.2, 0) is 12.6 Å². The lowest BCUT2D eigenvalue weighted by atomic mass is 10.2. The fourth-order valence-electron chi connectivity index (χ4n) is 2.17. The molecule has 0 radical (unpaired) electrons. The number of carbonyl (C=O) groups excluding carboxylic acids is 1. The van der Waals surface area contributed by atoms with Gasteiger partial charge in [0.25, 0.3) is 0 Å². The lowest BCUT2D eigenvalue weighted by Gasteiger charge is -2.09. The summed E-state index contributed by atoms with van der Waals surface area (Å²) in [7, 11) is 0. The van der Waals surface area contributed by atoms with Gasteiger partial charge in [0, 0.05) is 18.3 Å². The molecule has 0 aliphatic heterocycles. The minimum Gasteiger partial charge on any atom is -0.417 e. The number of hydrogen-bond donors (Lipinski definition) is 1. The van der Waals surface area contributed by atoms with E-state index in [-0.39, 0.29) is 16.8 Å². The van der Waals surface area contributed by atoms with Crippen molar-refractivity contribution in [3.8, 4) is 11.8 Å². The highest BCUT2D eigenvalue weighted by Gasteiger charge is 2.32. The molecule has 2 aromatic rings. The molecule has 2 heterocycles. The van der Waals surface area contributed by atoms with Gasteiger partial charge in [-0.15, -0.1) is 5.10 Å². The molecule has 2 aromatic heterocycles. The number of nitrogens with zero attached hydrogens (tertiary/aromatic N) is 3. The van der Waals surface area contributed by atoms with Gasteiger partial charge in [-0.3, -0.25) is 0 Å². The van der Waals surface area contributed by atoms with Gasteiger partial charge in [-0.05, 0) is 26.3 Å². The van der Waals surface area contributed by atoms with E-state index < -0.39 is 17.8 Å². The summed E-state index contributed by atoms with van der Waals surface area (Å²) < 4.78 is 44.6. The summed E-state index contributed by atoms with van der Waals surface area (Å²) in [5.74, 6) is -0.148. The van der Waals surface area contributed by atoms with E-state index in [1.54, 1.807) is 13.8 Å². The Morgan fingerprint density at radius 2 is 2.04 bits per heavy atom. The van der Waals surface area contributed by atoms with Crippen molar-refractivity contribution in [3.05, 3.63) is 34.1 Å². The third kappa shape index (κ3) is 4.04. The van der Waals surface area contributed by atoms with E-state index in [0.29, 0.717) is 30.4 Å². The van der Waals surface area contributed by atoms with Crippen LogP contribution < -0.4 is 10.1 Å². The Kier molecular flexibility index (Phi) is 5.56. The molecule has 0 saturated heterocycles. The summed E-state index contributed by atoms with van der Waals surface area (Å²) >= 11 is 5.84. The first-order valence-corrected chi connectivity index (χ1v) is 7.84. The molecule has 1 N–H and O–H groups in total. The molecular formula is C15H16ClF3N4O2. The van der Waals surface area contributed by atoms with E-state index in [4.69, 9.17) is 16.3 Å². The molecule has 1 amide bonds. The Labute approximate surface area is 146 Å². The Morgan fingerprint density at radius 3 is 2.56 bits per heavy atom. The van der Waals surface area contributed by atoms with Gasteiger partial charge in [0.1, 0.15) is 5.02 Å². The highest BCUT2D eigenvalue weighted by molar-refractivity contribution is 6.31. The van der Waals surface area contributed by atoms with Crippen molar-refractivity contribution in [1.82, 2.24) is 20.1 Å². The number of hydrogen-bond acceptors (Lipinski definition) is 4. The second-order valence-electron chi connectivity index (χ2n) is 5.08. The van der Waals surface area contributed by atoms with Crippen LogP contribution >= 0.6 is 11.6 Å². The van der Waals surface area contributed by atoms with Crippen LogP contribution in [0.4, 0.5) is 18.0 Å². The minimum atomic E-state index is -4.56. The highest BCUT2D eigenvalue weighted by atomic mass is 35.5. The lowest BCUT2D eigenvalue weighted by Crippen LogP contribution is -2.29. The number of ether oxygens (including phenoxy) is 1. The third-order valence-corrected chi connectivity index (χ3v) is 3.68. The molecule has 0 atom stereocenters. The number of rotatable bonds is 4. The minimum absolute atomic E-state index is 0.0698. The number of nitrogens with one attached hydrogen (secondary N) is 1. The SMILES string of the molecule is CCNC(=O)n1nc(Oc2ncc(C(F)(F)F)cc2Cl)c(CC)c1C. The fraction of sp³-hybridized carbons (Fsp3) is 0.400. The third-order valence-electron chi connectivity index (χ3n) is 3.41. The molecule has 0 unspecified atom stereocenters. The highest BCUT2D eigenvalue weighted by Crippen LogP contribution is 2.35. The van der Waals surface area contributed by atoms with Gasteiger partial charge >= 0.3 is 12.2 Å². The van der Waals surface area contributed by atoms with Crippen molar-refractivity contribution >= 4 is 17.6 Å². The summed E-state index contributed by atoms with van der Waals surface area (Å²) in [6.45, 7) is 5.71. The standard InChI is InChI=1S/C15H16ClF3N4O2/c1-4-10-8(3)23(14(24)20-5-2)22-12(10)25-13-11(16)6-9(7-21-13)15(17,18)19/h6-7H,4-5H2,1-3H3,(H,20,24). The molecule has 0 aromatic carbocycles. The molecule has 25 heavy (non-hydrogen) atoms. The number of alkyl halides is 3. The van der Waals surface area contributed by atoms with Crippen molar-refractivity contribution in [2.24, 2.45) is 0 Å². The quantitative estimate of drug-likeness (QED) is 0.868. The van der Waals surface area contributed by atoms with Gasteiger partial charge in [0.15, 0.2) is 0 Å². The van der Waals surface area contributed by atoms with E-state index in [0.717, 1.165) is 10.7 Å². The summed E-state index contributed by atoms with van der Waals surface area (Å²) in [4.78, 5) is 15.6. The average molecular weight is 377 g/mol. The summed E-state index contributed by atoms with van der Waals surface area (Å²) in [6, 6.07) is 0.291. The summed E-state index contributed by atoms with van der Waals surface area (Å²) in [5.41, 5.74) is 0.208. The molecule has 0 aliphatic rings. The van der Waals surface area contributed by atoms with Gasteiger partial charge in [-0.2, -0.15) is 17.9 Å². The topological polar surface area (TPSA) is 69.0 Å². The number of carbonyl (C=O) groups is 1. The molecule has 0 fully saturated rings. The molecule has 0 bridgehead atoms. The maximum absolute atomic E-state index is 12.7. The van der Waals surface area contributed by atoms with Crippen LogP contribution in [0.2, 0.25) is 5.02 Å². The van der Waals surface area contributed by atoms with Crippen molar-refractivity contribution in [1.29, 1.82) is 0 Å². The van der Waals surface area contributed by atoms with Crippen LogP contribution in [0.25, 0.3) is 0 Å². The van der Waals surface area contributed by atoms with Crippen LogP contribution in [0.1, 0.15) is 30.7 Å². The molecule has 0 spiro atoms. The van der Waals surface area contributed by atoms with Crippen molar-refractivity contribution in [3.63, 3.8) is 0 Å². The van der Waals surface area contributed by atoms with E-state index in [2.05, 4.69) is 15.4 Å². The van der Waals surface area contributed by atoms with Gasteiger partial charge in [0.2, 0.25) is 11.8 Å². The predicted molar refractivity (Wildman–Crippen MR) is 85.1 cm³/mol. The van der Waals surface area contributed by atoms with Gasteiger partial charge < -0.3 is 10.1 Å². The van der Waals surface area contributed by atoms with E-state index in [1.165, 1.54) is 0 Å². The lowest BCUT2D eigenvalue weighted by molar-refractivity contribution is -0.137. The van der Waals surface area contributed by atoms with E-state index in [1.807, 2.05) is 6.92 Å². The van der Waals surface area contributed by atoms with Crippen molar-refractivity contribution in [2.45, 2.75) is 33.4 Å². The van der Waals surface area contributed by atoms with Crippen LogP contribution in [0.5, 0.6) is 11.8 Å². The predicted octanol–water partition coefficient (Wildman–Crippen LogP) is 4.19. The van der Waals surface area contributed by atoms with Gasteiger partial charge in [0.05, 0.1) is 11.3 Å². The number of halogens is 4. The molecular weight excluding hydrogens is 361 g/mol. The fourth-order valence-corrected chi connectivity index (χ4v) is 2.37. The average Bonchev–Trinajstić information content (AvgIpc) is 2.84. The van der Waals surface area contributed by atoms with Crippen LogP contribution in [0, 0.1) is 6.92 Å². The van der Waals surface area contributed by atoms with Crippen molar-refractivity contribution < 1.29 is 22.7 Å². The second-order valence-corrected chi connectivity index (χ2v) is 5.49. The van der Waals surface area contributed by atoms with E-state index in [9.17, 15) is 18.0 Å². The summed E-state index contributed by atoms with van der Waals surface area (Å²) in [5, 5.41) is 6.37. The Balaban J connectivity index is 2.37. The second kappa shape index (κ2) is 7.30. The smallest absolute Gasteiger partial charge is 0.417 e. The Morgan fingerprint density at radius 1 is 1.36 bits per heavy atom. The summed E-state index contributed by atoms with van der Waals surface area (Å²) in [6.07, 6.45) is -3.43. The van der Waals surface area contributed by atoms with Crippen molar-refractivity contribution in [2.75, 3.05) is 6.54 Å². The molecule has 0 saturated carbocycles. The number of pyridine rings is 1. The number of amides is 1. The maximum atomic E-state index is 12.7. The first kappa shape index (κ1) is 19.0.